The Morgan fingerprint density at radius 1 is 1.29 bits per heavy atom. The first-order valence-electron chi connectivity index (χ1n) is 8.31. The van der Waals surface area contributed by atoms with Crippen LogP contribution in [0.5, 0.6) is 0 Å². The van der Waals surface area contributed by atoms with Crippen LogP contribution in [0.1, 0.15) is 50.7 Å². The number of likely N-dealkylation sites (tertiary alicyclic amines) is 1. The Balaban J connectivity index is 0.00000264. The van der Waals surface area contributed by atoms with Crippen molar-refractivity contribution in [2.24, 2.45) is 11.7 Å². The molecule has 1 aliphatic heterocycles. The third-order valence-corrected chi connectivity index (χ3v) is 4.20. The molecule has 7 heteroatoms. The van der Waals surface area contributed by atoms with Crippen LogP contribution in [0, 0.1) is 12.8 Å². The molecule has 3 N–H and O–H groups in total. The first-order chi connectivity index (χ1) is 10.5. The van der Waals surface area contributed by atoms with Crippen LogP contribution in [0.15, 0.2) is 16.5 Å². The molecule has 1 aromatic heterocycles. The highest BCUT2D eigenvalue weighted by atomic mass is 35.5. The Hall–Kier alpha value is -0.750. The molecule has 0 radical (unpaired) electrons. The molecule has 2 rings (SSSR count). The van der Waals surface area contributed by atoms with Crippen LogP contribution in [0.25, 0.3) is 0 Å². The van der Waals surface area contributed by atoms with Crippen LogP contribution in [-0.4, -0.2) is 36.5 Å². The van der Waals surface area contributed by atoms with Crippen LogP contribution in [0.3, 0.4) is 0 Å². The number of aryl methyl sites for hydroxylation is 1. The second-order valence-electron chi connectivity index (χ2n) is 6.69. The second kappa shape index (κ2) is 11.0. The fourth-order valence-corrected chi connectivity index (χ4v) is 3.04. The largest absolute Gasteiger partial charge is 0.465 e. The maximum atomic E-state index is 12.1. The highest BCUT2D eigenvalue weighted by molar-refractivity contribution is 5.85. The van der Waals surface area contributed by atoms with E-state index in [4.69, 9.17) is 10.2 Å². The van der Waals surface area contributed by atoms with Crippen molar-refractivity contribution in [2.75, 3.05) is 19.6 Å². The molecule has 140 valence electrons. The van der Waals surface area contributed by atoms with Gasteiger partial charge in [0.2, 0.25) is 5.91 Å². The average Bonchev–Trinajstić information content (AvgIpc) is 3.10. The monoisotopic (exact) mass is 379 g/mol. The van der Waals surface area contributed by atoms with Gasteiger partial charge in [-0.15, -0.1) is 24.8 Å². The molecule has 1 unspecified atom stereocenters. The number of carbonyl (C=O) groups is 1. The van der Waals surface area contributed by atoms with E-state index in [0.717, 1.165) is 24.6 Å². The molecule has 1 amide bonds. The fraction of sp³-hybridized carbons (Fsp3) is 0.706. The minimum Gasteiger partial charge on any atom is -0.465 e. The van der Waals surface area contributed by atoms with Crippen molar-refractivity contribution >= 4 is 30.7 Å². The molecule has 0 aromatic carbocycles. The van der Waals surface area contributed by atoms with Crippen LogP contribution < -0.4 is 11.1 Å². The molecule has 0 bridgehead atoms. The zero-order valence-electron chi connectivity index (χ0n) is 14.8. The lowest BCUT2D eigenvalue weighted by Gasteiger charge is -2.26. The Bertz CT molecular complexity index is 488. The van der Waals surface area contributed by atoms with Crippen LogP contribution >= 0.6 is 24.8 Å². The Morgan fingerprint density at radius 2 is 1.92 bits per heavy atom. The smallest absolute Gasteiger partial charge is 0.236 e. The SMILES string of the molecule is Cc1ccc(C(CNC(=O)[C@@H](N)CC(C)C)N2CCCC2)o1.Cl.Cl. The summed E-state index contributed by atoms with van der Waals surface area (Å²) >= 11 is 0. The van der Waals surface area contributed by atoms with E-state index in [-0.39, 0.29) is 36.8 Å². The van der Waals surface area contributed by atoms with Crippen LogP contribution in [0.4, 0.5) is 0 Å². The maximum Gasteiger partial charge on any atom is 0.236 e. The van der Waals surface area contributed by atoms with Gasteiger partial charge in [-0.25, -0.2) is 0 Å². The number of amides is 1. The van der Waals surface area contributed by atoms with E-state index in [9.17, 15) is 4.79 Å². The number of hydrogen-bond donors (Lipinski definition) is 2. The average molecular weight is 380 g/mol. The molecule has 5 nitrogen and oxygen atoms in total. The molecule has 0 spiro atoms. The van der Waals surface area contributed by atoms with Gasteiger partial charge < -0.3 is 15.5 Å². The molecule has 0 saturated carbocycles. The van der Waals surface area contributed by atoms with Gasteiger partial charge in [0.1, 0.15) is 11.5 Å². The number of rotatable bonds is 7. The molecule has 24 heavy (non-hydrogen) atoms. The van der Waals surface area contributed by atoms with Gasteiger partial charge in [0, 0.05) is 6.54 Å². The van der Waals surface area contributed by atoms with Gasteiger partial charge in [-0.05, 0) is 57.3 Å². The van der Waals surface area contributed by atoms with E-state index in [1.165, 1.54) is 12.8 Å². The van der Waals surface area contributed by atoms with Gasteiger partial charge in [-0.1, -0.05) is 13.8 Å². The Kier molecular flexibility index (Phi) is 10.6. The summed E-state index contributed by atoms with van der Waals surface area (Å²) in [4.78, 5) is 14.5. The predicted octanol–water partition coefficient (Wildman–Crippen LogP) is 3.06. The standard InChI is InChI=1S/C17H29N3O2.2ClH/c1-12(2)10-14(18)17(21)19-11-15(20-8-4-5-9-20)16-7-6-13(3)22-16;;/h6-7,12,14-15H,4-5,8-11,18H2,1-3H3,(H,19,21);2*1H/t14-,15?;;/m0../s1. The second-order valence-corrected chi connectivity index (χ2v) is 6.69. The van der Waals surface area contributed by atoms with Gasteiger partial charge in [0.15, 0.2) is 0 Å². The van der Waals surface area contributed by atoms with E-state index in [2.05, 4.69) is 24.1 Å². The topological polar surface area (TPSA) is 71.5 Å². The van der Waals surface area contributed by atoms with Crippen molar-refractivity contribution in [1.29, 1.82) is 0 Å². The van der Waals surface area contributed by atoms with E-state index in [1.54, 1.807) is 0 Å². The van der Waals surface area contributed by atoms with E-state index >= 15 is 0 Å². The predicted molar refractivity (Wildman–Crippen MR) is 102 cm³/mol. The van der Waals surface area contributed by atoms with Crippen molar-refractivity contribution in [1.82, 2.24) is 10.2 Å². The molecule has 1 fully saturated rings. The maximum absolute atomic E-state index is 12.1. The number of hydrogen-bond acceptors (Lipinski definition) is 4. The highest BCUT2D eigenvalue weighted by Crippen LogP contribution is 2.26. The van der Waals surface area contributed by atoms with Crippen LogP contribution in [0.2, 0.25) is 0 Å². The number of furan rings is 1. The van der Waals surface area contributed by atoms with Crippen molar-refractivity contribution in [3.63, 3.8) is 0 Å². The van der Waals surface area contributed by atoms with E-state index < -0.39 is 6.04 Å². The number of nitrogens with zero attached hydrogens (tertiary/aromatic N) is 1. The molecule has 1 aromatic rings. The van der Waals surface area contributed by atoms with Crippen molar-refractivity contribution in [3.8, 4) is 0 Å². The third-order valence-electron chi connectivity index (χ3n) is 4.20. The first-order valence-corrected chi connectivity index (χ1v) is 8.31. The Labute approximate surface area is 157 Å². The molecule has 1 aliphatic rings. The number of nitrogens with two attached hydrogens (primary N) is 1. The summed E-state index contributed by atoms with van der Waals surface area (Å²) in [6.07, 6.45) is 3.12. The lowest BCUT2D eigenvalue weighted by atomic mass is 10.0. The number of halogens is 2. The first kappa shape index (κ1) is 23.2. The minimum atomic E-state index is -0.433. The summed E-state index contributed by atoms with van der Waals surface area (Å²) in [6.45, 7) is 8.76. The van der Waals surface area contributed by atoms with Crippen molar-refractivity contribution in [2.45, 2.75) is 52.1 Å². The minimum absolute atomic E-state index is 0. The zero-order chi connectivity index (χ0) is 16.1. The van der Waals surface area contributed by atoms with Crippen molar-refractivity contribution in [3.05, 3.63) is 23.7 Å². The summed E-state index contributed by atoms with van der Waals surface area (Å²) in [7, 11) is 0. The van der Waals surface area contributed by atoms with E-state index in [0.29, 0.717) is 18.9 Å². The molecule has 2 heterocycles. The number of nitrogens with one attached hydrogen (secondary N) is 1. The molecular weight excluding hydrogens is 349 g/mol. The lowest BCUT2D eigenvalue weighted by Crippen LogP contribution is -2.44. The van der Waals surface area contributed by atoms with Gasteiger partial charge in [-0.3, -0.25) is 9.69 Å². The van der Waals surface area contributed by atoms with Crippen LogP contribution in [-0.2, 0) is 4.79 Å². The highest BCUT2D eigenvalue weighted by Gasteiger charge is 2.27. The third kappa shape index (κ3) is 6.63. The lowest BCUT2D eigenvalue weighted by molar-refractivity contribution is -0.123. The van der Waals surface area contributed by atoms with Gasteiger partial charge >= 0.3 is 0 Å². The van der Waals surface area contributed by atoms with E-state index in [1.807, 2.05) is 19.1 Å². The summed E-state index contributed by atoms with van der Waals surface area (Å²) in [5.41, 5.74) is 5.95. The quantitative estimate of drug-likeness (QED) is 0.763. The van der Waals surface area contributed by atoms with Crippen molar-refractivity contribution < 1.29 is 9.21 Å². The summed E-state index contributed by atoms with van der Waals surface area (Å²) in [6, 6.07) is 3.66. The molecular formula is C17H31Cl2N3O2. The van der Waals surface area contributed by atoms with Gasteiger partial charge in [-0.2, -0.15) is 0 Å². The summed E-state index contributed by atoms with van der Waals surface area (Å²) in [5, 5.41) is 3.01. The molecule has 0 aliphatic carbocycles. The molecule has 2 atom stereocenters. The fourth-order valence-electron chi connectivity index (χ4n) is 3.04. The Morgan fingerprint density at radius 3 is 2.42 bits per heavy atom. The van der Waals surface area contributed by atoms with Gasteiger partial charge in [0.25, 0.3) is 0 Å². The normalized spacial score (nSPS) is 17.0. The zero-order valence-corrected chi connectivity index (χ0v) is 16.4. The summed E-state index contributed by atoms with van der Waals surface area (Å²) in [5.74, 6) is 2.18. The molecule has 1 saturated heterocycles. The summed E-state index contributed by atoms with van der Waals surface area (Å²) < 4.78 is 5.79. The van der Waals surface area contributed by atoms with Gasteiger partial charge in [0.05, 0.1) is 12.1 Å². The number of carbonyl (C=O) groups excluding carboxylic acids is 1.